The maximum atomic E-state index is 11.8. The summed E-state index contributed by atoms with van der Waals surface area (Å²) in [4.78, 5) is 14.7. The topological polar surface area (TPSA) is 63.8 Å². The minimum Gasteiger partial charge on any atom is -0.330 e. The highest BCUT2D eigenvalue weighted by molar-refractivity contribution is 5.82. The van der Waals surface area contributed by atoms with Gasteiger partial charge in [-0.2, -0.15) is 0 Å². The van der Waals surface area contributed by atoms with Crippen LogP contribution >= 0.6 is 0 Å². The first-order valence-corrected chi connectivity index (χ1v) is 9.13. The second kappa shape index (κ2) is 6.19. The van der Waals surface area contributed by atoms with Gasteiger partial charge in [0.2, 0.25) is 0 Å². The molecule has 130 valence electrons. The van der Waals surface area contributed by atoms with Gasteiger partial charge in [-0.15, -0.1) is 0 Å². The maximum Gasteiger partial charge on any atom is 0.326 e. The van der Waals surface area contributed by atoms with Crippen LogP contribution in [0.5, 0.6) is 0 Å². The number of H-pyrrole nitrogens is 1. The Labute approximate surface area is 147 Å². The number of nitrogens with one attached hydrogen (secondary N) is 1. The molecule has 1 aliphatic carbocycles. The molecule has 4 rings (SSSR count). The van der Waals surface area contributed by atoms with E-state index in [1.807, 2.05) is 6.07 Å². The zero-order valence-electron chi connectivity index (χ0n) is 14.7. The van der Waals surface area contributed by atoms with Gasteiger partial charge >= 0.3 is 5.69 Å². The first-order valence-electron chi connectivity index (χ1n) is 9.13. The Kier molecular flexibility index (Phi) is 4.00. The van der Waals surface area contributed by atoms with Crippen molar-refractivity contribution >= 4 is 11.0 Å². The summed E-state index contributed by atoms with van der Waals surface area (Å²) < 4.78 is 1.66. The van der Waals surface area contributed by atoms with Crippen molar-refractivity contribution < 1.29 is 0 Å². The van der Waals surface area contributed by atoms with Crippen LogP contribution in [-0.4, -0.2) is 16.1 Å². The molecule has 1 aliphatic rings. The van der Waals surface area contributed by atoms with Crippen molar-refractivity contribution in [3.8, 4) is 11.1 Å². The van der Waals surface area contributed by atoms with Crippen molar-refractivity contribution in [3.63, 3.8) is 0 Å². The van der Waals surface area contributed by atoms with E-state index in [0.717, 1.165) is 16.6 Å². The molecule has 0 spiro atoms. The molecule has 0 bridgehead atoms. The van der Waals surface area contributed by atoms with Gasteiger partial charge in [-0.3, -0.25) is 4.57 Å². The quantitative estimate of drug-likeness (QED) is 0.766. The third-order valence-electron chi connectivity index (χ3n) is 5.91. The number of rotatable bonds is 3. The molecule has 1 heterocycles. The molecule has 2 aromatic carbocycles. The molecule has 0 aliphatic heterocycles. The number of aryl methyl sites for hydroxylation is 1. The molecule has 3 aromatic rings. The average Bonchev–Trinajstić information content (AvgIpc) is 2.96. The van der Waals surface area contributed by atoms with Crippen molar-refractivity contribution in [2.75, 3.05) is 6.54 Å². The number of benzene rings is 2. The average molecular weight is 335 g/mol. The summed E-state index contributed by atoms with van der Waals surface area (Å²) in [6.45, 7) is 0.710. The van der Waals surface area contributed by atoms with E-state index in [-0.39, 0.29) is 11.1 Å². The first-order chi connectivity index (χ1) is 12.1. The molecule has 0 amide bonds. The summed E-state index contributed by atoms with van der Waals surface area (Å²) in [5.74, 6) is 0. The Morgan fingerprint density at radius 2 is 1.84 bits per heavy atom. The second-order valence-corrected chi connectivity index (χ2v) is 7.35. The monoisotopic (exact) mass is 335 g/mol. The van der Waals surface area contributed by atoms with E-state index >= 15 is 0 Å². The van der Waals surface area contributed by atoms with Crippen LogP contribution in [0, 0.1) is 0 Å². The lowest BCUT2D eigenvalue weighted by Gasteiger charge is -2.37. The molecule has 3 N–H and O–H groups in total. The molecule has 1 aromatic heterocycles. The third-order valence-corrected chi connectivity index (χ3v) is 5.91. The van der Waals surface area contributed by atoms with Crippen LogP contribution in [0.1, 0.15) is 37.7 Å². The van der Waals surface area contributed by atoms with E-state index < -0.39 is 0 Å². The number of nitrogens with zero attached hydrogens (tertiary/aromatic N) is 1. The second-order valence-electron chi connectivity index (χ2n) is 7.35. The normalized spacial score (nSPS) is 17.0. The lowest BCUT2D eigenvalue weighted by atomic mass is 9.69. The molecule has 0 saturated heterocycles. The standard InChI is InChI=1S/C21H25N3O/c1-24-19-13-16(8-9-18(19)23-20(24)25)15-6-5-7-17(12-15)21(14-22)10-3-2-4-11-21/h5-9,12-13H,2-4,10-11,14,22H2,1H3,(H,23,25). The van der Waals surface area contributed by atoms with Crippen molar-refractivity contribution in [2.24, 2.45) is 12.8 Å². The van der Waals surface area contributed by atoms with Crippen LogP contribution in [0.4, 0.5) is 0 Å². The minimum atomic E-state index is -0.0785. The lowest BCUT2D eigenvalue weighted by molar-refractivity contribution is 0.301. The van der Waals surface area contributed by atoms with Gasteiger partial charge in [-0.1, -0.05) is 49.6 Å². The van der Waals surface area contributed by atoms with Crippen LogP contribution in [0.25, 0.3) is 22.2 Å². The van der Waals surface area contributed by atoms with Gasteiger partial charge in [0.25, 0.3) is 0 Å². The van der Waals surface area contributed by atoms with E-state index in [0.29, 0.717) is 6.54 Å². The largest absolute Gasteiger partial charge is 0.330 e. The highest BCUT2D eigenvalue weighted by Gasteiger charge is 2.32. The molecule has 0 radical (unpaired) electrons. The predicted octanol–water partition coefficient (Wildman–Crippen LogP) is 3.69. The van der Waals surface area contributed by atoms with E-state index in [4.69, 9.17) is 5.73 Å². The molecule has 0 unspecified atom stereocenters. The Balaban J connectivity index is 1.79. The van der Waals surface area contributed by atoms with Gasteiger partial charge in [0.05, 0.1) is 11.0 Å². The van der Waals surface area contributed by atoms with Crippen LogP contribution in [0.3, 0.4) is 0 Å². The minimum absolute atomic E-state index is 0.0785. The van der Waals surface area contributed by atoms with Crippen LogP contribution < -0.4 is 11.4 Å². The molecule has 4 heteroatoms. The number of nitrogens with two attached hydrogens (primary N) is 1. The first kappa shape index (κ1) is 16.2. The number of hydrogen-bond donors (Lipinski definition) is 2. The van der Waals surface area contributed by atoms with Crippen LogP contribution in [-0.2, 0) is 12.5 Å². The Hall–Kier alpha value is -2.33. The highest BCUT2D eigenvalue weighted by atomic mass is 16.1. The Morgan fingerprint density at radius 3 is 2.60 bits per heavy atom. The maximum absolute atomic E-state index is 11.8. The number of hydrogen-bond acceptors (Lipinski definition) is 2. The molecule has 0 atom stereocenters. The van der Waals surface area contributed by atoms with Gasteiger partial charge in [0.1, 0.15) is 0 Å². The lowest BCUT2D eigenvalue weighted by Crippen LogP contribution is -2.37. The SMILES string of the molecule is Cn1c(=O)[nH]c2ccc(-c3cccc(C4(CN)CCCCC4)c3)cc21. The van der Waals surface area contributed by atoms with E-state index in [9.17, 15) is 4.79 Å². The highest BCUT2D eigenvalue weighted by Crippen LogP contribution is 2.39. The molecule has 4 nitrogen and oxygen atoms in total. The van der Waals surface area contributed by atoms with Gasteiger partial charge in [-0.25, -0.2) is 4.79 Å². The summed E-state index contributed by atoms with van der Waals surface area (Å²) in [5, 5.41) is 0. The number of fused-ring (bicyclic) bond motifs is 1. The van der Waals surface area contributed by atoms with Crippen LogP contribution in [0.2, 0.25) is 0 Å². The van der Waals surface area contributed by atoms with Gasteiger partial charge in [0, 0.05) is 19.0 Å². The Morgan fingerprint density at radius 1 is 1.08 bits per heavy atom. The van der Waals surface area contributed by atoms with Gasteiger partial charge in [-0.05, 0) is 41.7 Å². The summed E-state index contributed by atoms with van der Waals surface area (Å²) in [6, 6.07) is 14.9. The van der Waals surface area contributed by atoms with Crippen molar-refractivity contribution in [2.45, 2.75) is 37.5 Å². The van der Waals surface area contributed by atoms with E-state index in [1.54, 1.807) is 11.6 Å². The van der Waals surface area contributed by atoms with E-state index in [2.05, 4.69) is 41.4 Å². The number of imidazole rings is 1. The van der Waals surface area contributed by atoms with Gasteiger partial charge < -0.3 is 10.7 Å². The number of aromatic nitrogens is 2. The fourth-order valence-electron chi connectivity index (χ4n) is 4.27. The molecular formula is C21H25N3O. The third kappa shape index (κ3) is 2.71. The summed E-state index contributed by atoms with van der Waals surface area (Å²) in [7, 11) is 1.80. The molecule has 1 saturated carbocycles. The molecule has 25 heavy (non-hydrogen) atoms. The number of aromatic amines is 1. The zero-order chi connectivity index (χ0) is 17.4. The summed E-state index contributed by atoms with van der Waals surface area (Å²) >= 11 is 0. The fourth-order valence-corrected chi connectivity index (χ4v) is 4.27. The predicted molar refractivity (Wildman–Crippen MR) is 103 cm³/mol. The van der Waals surface area contributed by atoms with E-state index in [1.165, 1.54) is 43.2 Å². The molecule has 1 fully saturated rings. The molecular weight excluding hydrogens is 310 g/mol. The van der Waals surface area contributed by atoms with Gasteiger partial charge in [0.15, 0.2) is 0 Å². The van der Waals surface area contributed by atoms with Crippen LogP contribution in [0.15, 0.2) is 47.3 Å². The van der Waals surface area contributed by atoms with Crippen molar-refractivity contribution in [1.29, 1.82) is 0 Å². The summed E-state index contributed by atoms with van der Waals surface area (Å²) in [6.07, 6.45) is 6.20. The fraction of sp³-hybridized carbons (Fsp3) is 0.381. The zero-order valence-corrected chi connectivity index (χ0v) is 14.7. The van der Waals surface area contributed by atoms with Crippen molar-refractivity contribution in [3.05, 3.63) is 58.5 Å². The smallest absolute Gasteiger partial charge is 0.326 e. The summed E-state index contributed by atoms with van der Waals surface area (Å²) in [5.41, 5.74) is 11.7. The Bertz CT molecular complexity index is 961. The van der Waals surface area contributed by atoms with Crippen molar-refractivity contribution in [1.82, 2.24) is 9.55 Å².